The molecular weight excluding hydrogens is 280 g/mol. The summed E-state index contributed by atoms with van der Waals surface area (Å²) < 4.78 is 4.63. The Labute approximate surface area is 126 Å². The predicted octanol–water partition coefficient (Wildman–Crippen LogP) is 3.21. The lowest BCUT2D eigenvalue weighted by Crippen LogP contribution is -2.12. The molecule has 22 heavy (non-hydrogen) atoms. The van der Waals surface area contributed by atoms with Crippen LogP contribution in [0.15, 0.2) is 54.7 Å². The van der Waals surface area contributed by atoms with Crippen LogP contribution in [0.3, 0.4) is 0 Å². The summed E-state index contributed by atoms with van der Waals surface area (Å²) in [5.41, 5.74) is 2.61. The monoisotopic (exact) mass is 294 g/mol. The third kappa shape index (κ3) is 2.69. The van der Waals surface area contributed by atoms with Crippen molar-refractivity contribution in [2.45, 2.75) is 0 Å². The molecule has 2 aromatic carbocycles. The molecule has 0 saturated carbocycles. The van der Waals surface area contributed by atoms with Gasteiger partial charge in [-0.25, -0.2) is 4.79 Å². The molecule has 0 radical (unpaired) electrons. The highest BCUT2D eigenvalue weighted by atomic mass is 16.5. The lowest BCUT2D eigenvalue weighted by Gasteiger charge is -2.06. The van der Waals surface area contributed by atoms with Gasteiger partial charge in [-0.1, -0.05) is 0 Å². The van der Waals surface area contributed by atoms with E-state index >= 15 is 0 Å². The predicted molar refractivity (Wildman–Crippen MR) is 84.0 cm³/mol. The number of aromatic nitrogens is 1. The van der Waals surface area contributed by atoms with E-state index in [9.17, 15) is 9.59 Å². The zero-order valence-corrected chi connectivity index (χ0v) is 11.9. The second-order valence-electron chi connectivity index (χ2n) is 4.80. The lowest BCUT2D eigenvalue weighted by atomic mass is 10.1. The quantitative estimate of drug-likeness (QED) is 0.729. The van der Waals surface area contributed by atoms with E-state index in [4.69, 9.17) is 0 Å². The minimum absolute atomic E-state index is 0.200. The van der Waals surface area contributed by atoms with Crippen molar-refractivity contribution in [1.82, 2.24) is 4.98 Å². The van der Waals surface area contributed by atoms with E-state index in [1.165, 1.54) is 7.11 Å². The molecule has 3 aromatic rings. The molecule has 0 unspecified atom stereocenters. The van der Waals surface area contributed by atoms with Gasteiger partial charge in [0.05, 0.1) is 12.7 Å². The molecule has 0 saturated heterocycles. The average Bonchev–Trinajstić information content (AvgIpc) is 3.02. The van der Waals surface area contributed by atoms with Gasteiger partial charge in [0.2, 0.25) is 0 Å². The van der Waals surface area contributed by atoms with Gasteiger partial charge >= 0.3 is 5.97 Å². The second kappa shape index (κ2) is 5.73. The largest absolute Gasteiger partial charge is 0.465 e. The van der Waals surface area contributed by atoms with E-state index in [2.05, 4.69) is 15.0 Å². The summed E-state index contributed by atoms with van der Waals surface area (Å²) in [6, 6.07) is 13.9. The van der Waals surface area contributed by atoms with Crippen molar-refractivity contribution in [3.8, 4) is 0 Å². The van der Waals surface area contributed by atoms with Crippen molar-refractivity contribution in [2.24, 2.45) is 0 Å². The number of carbonyl (C=O) groups is 2. The van der Waals surface area contributed by atoms with Crippen molar-refractivity contribution in [2.75, 3.05) is 12.4 Å². The Morgan fingerprint density at radius 3 is 2.45 bits per heavy atom. The van der Waals surface area contributed by atoms with Gasteiger partial charge in [-0.15, -0.1) is 0 Å². The fraction of sp³-hybridized carbons (Fsp3) is 0.0588. The Morgan fingerprint density at radius 1 is 1.00 bits per heavy atom. The number of amides is 1. The summed E-state index contributed by atoms with van der Waals surface area (Å²) in [6.07, 6.45) is 1.83. The van der Waals surface area contributed by atoms with Gasteiger partial charge in [-0.05, 0) is 48.5 Å². The van der Waals surface area contributed by atoms with Crippen LogP contribution in [0.25, 0.3) is 10.9 Å². The number of fused-ring (bicyclic) bond motifs is 1. The molecule has 3 rings (SSSR count). The van der Waals surface area contributed by atoms with Crippen LogP contribution in [0, 0.1) is 0 Å². The third-order valence-electron chi connectivity index (χ3n) is 3.38. The highest BCUT2D eigenvalue weighted by Crippen LogP contribution is 2.16. The molecular formula is C17H14N2O3. The maximum Gasteiger partial charge on any atom is 0.337 e. The summed E-state index contributed by atoms with van der Waals surface area (Å²) in [4.78, 5) is 26.7. The van der Waals surface area contributed by atoms with Gasteiger partial charge in [0.15, 0.2) is 0 Å². The zero-order chi connectivity index (χ0) is 15.5. The van der Waals surface area contributed by atoms with E-state index < -0.39 is 5.97 Å². The van der Waals surface area contributed by atoms with Crippen LogP contribution in [0.5, 0.6) is 0 Å². The summed E-state index contributed by atoms with van der Waals surface area (Å²) in [5, 5.41) is 3.78. The fourth-order valence-corrected chi connectivity index (χ4v) is 2.21. The summed E-state index contributed by atoms with van der Waals surface area (Å²) in [7, 11) is 1.33. The molecule has 0 bridgehead atoms. The maximum atomic E-state index is 12.2. The van der Waals surface area contributed by atoms with E-state index in [1.54, 1.807) is 30.3 Å². The molecule has 1 aromatic heterocycles. The first kappa shape index (κ1) is 13.9. The van der Waals surface area contributed by atoms with Gasteiger partial charge < -0.3 is 15.0 Å². The number of H-pyrrole nitrogens is 1. The number of nitrogens with one attached hydrogen (secondary N) is 2. The lowest BCUT2D eigenvalue weighted by molar-refractivity contribution is 0.0600. The van der Waals surface area contributed by atoms with Gasteiger partial charge in [-0.2, -0.15) is 0 Å². The van der Waals surface area contributed by atoms with Crippen molar-refractivity contribution in [3.05, 3.63) is 65.9 Å². The number of rotatable bonds is 3. The normalized spacial score (nSPS) is 10.4. The topological polar surface area (TPSA) is 71.2 Å². The highest BCUT2D eigenvalue weighted by Gasteiger charge is 2.09. The molecule has 110 valence electrons. The number of hydrogen-bond donors (Lipinski definition) is 2. The number of methoxy groups -OCH3 is 1. The molecule has 0 aliphatic carbocycles. The first-order chi connectivity index (χ1) is 10.7. The standard InChI is InChI=1S/C17H14N2O3/c1-22-17(21)11-2-5-14(6-3-11)19-16(20)13-4-7-15-12(10-13)8-9-18-15/h2-10,18H,1H3,(H,19,20). The van der Waals surface area contributed by atoms with E-state index in [0.717, 1.165) is 10.9 Å². The minimum atomic E-state index is -0.407. The van der Waals surface area contributed by atoms with Crippen LogP contribution in [0.1, 0.15) is 20.7 Å². The number of ether oxygens (including phenoxy) is 1. The van der Waals surface area contributed by atoms with Crippen molar-refractivity contribution in [3.63, 3.8) is 0 Å². The number of aromatic amines is 1. The maximum absolute atomic E-state index is 12.2. The fourth-order valence-electron chi connectivity index (χ4n) is 2.21. The van der Waals surface area contributed by atoms with Gasteiger partial charge in [-0.3, -0.25) is 4.79 Å². The van der Waals surface area contributed by atoms with Crippen LogP contribution in [0.2, 0.25) is 0 Å². The molecule has 0 aliphatic rings. The SMILES string of the molecule is COC(=O)c1ccc(NC(=O)c2ccc3[nH]ccc3c2)cc1. The Morgan fingerprint density at radius 2 is 1.73 bits per heavy atom. The Bertz CT molecular complexity index is 834. The third-order valence-corrected chi connectivity index (χ3v) is 3.38. The van der Waals surface area contributed by atoms with Gasteiger partial charge in [0.1, 0.15) is 0 Å². The van der Waals surface area contributed by atoms with E-state index in [-0.39, 0.29) is 5.91 Å². The summed E-state index contributed by atoms with van der Waals surface area (Å²) >= 11 is 0. The average molecular weight is 294 g/mol. The molecule has 5 heteroatoms. The smallest absolute Gasteiger partial charge is 0.337 e. The summed E-state index contributed by atoms with van der Waals surface area (Å²) in [6.45, 7) is 0. The molecule has 1 amide bonds. The number of hydrogen-bond acceptors (Lipinski definition) is 3. The van der Waals surface area contributed by atoms with Crippen molar-refractivity contribution < 1.29 is 14.3 Å². The van der Waals surface area contributed by atoms with Crippen LogP contribution in [-0.4, -0.2) is 24.0 Å². The van der Waals surface area contributed by atoms with Crippen LogP contribution < -0.4 is 5.32 Å². The summed E-state index contributed by atoms with van der Waals surface area (Å²) in [5.74, 6) is -0.607. The van der Waals surface area contributed by atoms with Crippen molar-refractivity contribution in [1.29, 1.82) is 0 Å². The second-order valence-corrected chi connectivity index (χ2v) is 4.80. The Balaban J connectivity index is 1.77. The van der Waals surface area contributed by atoms with Gasteiger partial charge in [0.25, 0.3) is 5.91 Å². The van der Waals surface area contributed by atoms with E-state index in [1.807, 2.05) is 24.4 Å². The Kier molecular flexibility index (Phi) is 3.62. The molecule has 0 atom stereocenters. The van der Waals surface area contributed by atoms with Crippen LogP contribution in [0.4, 0.5) is 5.69 Å². The highest BCUT2D eigenvalue weighted by molar-refractivity contribution is 6.06. The van der Waals surface area contributed by atoms with Crippen LogP contribution >= 0.6 is 0 Å². The number of anilines is 1. The number of carbonyl (C=O) groups excluding carboxylic acids is 2. The molecule has 5 nitrogen and oxygen atoms in total. The molecule has 2 N–H and O–H groups in total. The first-order valence-electron chi connectivity index (χ1n) is 6.74. The number of esters is 1. The minimum Gasteiger partial charge on any atom is -0.465 e. The first-order valence-corrected chi connectivity index (χ1v) is 6.74. The van der Waals surface area contributed by atoms with Crippen LogP contribution in [-0.2, 0) is 4.74 Å². The molecule has 1 heterocycles. The Hall–Kier alpha value is -3.08. The number of benzene rings is 2. The van der Waals surface area contributed by atoms with E-state index in [0.29, 0.717) is 16.8 Å². The van der Waals surface area contributed by atoms with Gasteiger partial charge in [0, 0.05) is 28.4 Å². The molecule has 0 spiro atoms. The molecule has 0 fully saturated rings. The molecule has 0 aliphatic heterocycles. The zero-order valence-electron chi connectivity index (χ0n) is 11.9. The van der Waals surface area contributed by atoms with Crippen molar-refractivity contribution >= 4 is 28.5 Å².